The highest BCUT2D eigenvalue weighted by molar-refractivity contribution is 5.46. The first-order valence-electron chi connectivity index (χ1n) is 3.24. The van der Waals surface area contributed by atoms with E-state index in [2.05, 4.69) is 10.3 Å². The van der Waals surface area contributed by atoms with Crippen molar-refractivity contribution in [2.24, 2.45) is 7.05 Å². The van der Waals surface area contributed by atoms with E-state index in [9.17, 15) is 0 Å². The smallest absolute Gasteiger partial charge is 0.0869 e. The van der Waals surface area contributed by atoms with Gasteiger partial charge in [0, 0.05) is 7.05 Å². The summed E-state index contributed by atoms with van der Waals surface area (Å²) < 4.78 is 1.76. The van der Waals surface area contributed by atoms with Crippen LogP contribution in [0.15, 0.2) is 6.08 Å². The molecule has 0 aliphatic heterocycles. The first kappa shape index (κ1) is 6.99. The number of aryl methyl sites for hydroxylation is 2. The van der Waals surface area contributed by atoms with Crippen LogP contribution < -0.4 is 0 Å². The van der Waals surface area contributed by atoms with E-state index in [0.29, 0.717) is 0 Å². The lowest BCUT2D eigenvalue weighted by Crippen LogP contribution is -1.92. The van der Waals surface area contributed by atoms with Crippen LogP contribution in [0.3, 0.4) is 0 Å². The van der Waals surface area contributed by atoms with Gasteiger partial charge in [-0.1, -0.05) is 11.3 Å². The third-order valence-electron chi connectivity index (χ3n) is 1.37. The maximum absolute atomic E-state index is 3.90. The van der Waals surface area contributed by atoms with E-state index in [1.807, 2.05) is 33.0 Å². The van der Waals surface area contributed by atoms with Crippen molar-refractivity contribution < 1.29 is 0 Å². The summed E-state index contributed by atoms with van der Waals surface area (Å²) in [6.45, 7) is 3.93. The zero-order chi connectivity index (χ0) is 7.56. The Morgan fingerprint density at radius 1 is 1.50 bits per heavy atom. The minimum absolute atomic E-state index is 0.973. The molecule has 0 atom stereocenters. The van der Waals surface area contributed by atoms with Crippen LogP contribution in [0.4, 0.5) is 0 Å². The van der Waals surface area contributed by atoms with E-state index >= 15 is 0 Å². The molecule has 0 spiro atoms. The monoisotopic (exact) mass is 137 g/mol. The van der Waals surface area contributed by atoms with Crippen molar-refractivity contribution in [2.45, 2.75) is 13.8 Å². The Kier molecular flexibility index (Phi) is 1.85. The normalized spacial score (nSPS) is 11.1. The molecule has 1 heterocycles. The van der Waals surface area contributed by atoms with E-state index in [0.717, 1.165) is 11.4 Å². The molecular weight excluding hydrogens is 126 g/mol. The fourth-order valence-corrected chi connectivity index (χ4v) is 0.854. The quantitative estimate of drug-likeness (QED) is 0.581. The van der Waals surface area contributed by atoms with E-state index in [-0.39, 0.29) is 0 Å². The number of aromatic nitrogens is 3. The molecule has 54 valence electrons. The molecule has 3 nitrogen and oxygen atoms in total. The summed E-state index contributed by atoms with van der Waals surface area (Å²) in [6.07, 6.45) is 3.97. The van der Waals surface area contributed by atoms with E-state index < -0.39 is 0 Å². The SMILES string of the molecule is C/C=C\c1c(C)nnn1C. The lowest BCUT2D eigenvalue weighted by Gasteiger charge is -1.91. The van der Waals surface area contributed by atoms with Gasteiger partial charge in [0.2, 0.25) is 0 Å². The highest BCUT2D eigenvalue weighted by Gasteiger charge is 1.99. The molecular formula is C7H11N3. The van der Waals surface area contributed by atoms with E-state index in [4.69, 9.17) is 0 Å². The van der Waals surface area contributed by atoms with Gasteiger partial charge in [-0.15, -0.1) is 5.10 Å². The summed E-state index contributed by atoms with van der Waals surface area (Å²) in [5, 5.41) is 7.75. The first-order chi connectivity index (χ1) is 4.75. The second-order valence-electron chi connectivity index (χ2n) is 2.18. The van der Waals surface area contributed by atoms with Crippen molar-refractivity contribution in [3.8, 4) is 0 Å². The standard InChI is InChI=1S/C7H11N3/c1-4-5-7-6(2)8-9-10(7)3/h4-5H,1-3H3/b5-4-. The number of hydrogen-bond donors (Lipinski definition) is 0. The molecule has 0 aliphatic rings. The molecule has 10 heavy (non-hydrogen) atoms. The van der Waals surface area contributed by atoms with Gasteiger partial charge in [0.1, 0.15) is 0 Å². The van der Waals surface area contributed by atoms with Crippen molar-refractivity contribution in [1.82, 2.24) is 15.0 Å². The number of nitrogens with zero attached hydrogens (tertiary/aromatic N) is 3. The van der Waals surface area contributed by atoms with Crippen LogP contribution in [0.2, 0.25) is 0 Å². The maximum Gasteiger partial charge on any atom is 0.0869 e. The number of hydrogen-bond acceptors (Lipinski definition) is 2. The van der Waals surface area contributed by atoms with Crippen molar-refractivity contribution >= 4 is 6.08 Å². The molecule has 1 aromatic rings. The van der Waals surface area contributed by atoms with Gasteiger partial charge in [-0.25, -0.2) is 4.68 Å². The van der Waals surface area contributed by atoms with Crippen LogP contribution >= 0.6 is 0 Å². The fourth-order valence-electron chi connectivity index (χ4n) is 0.854. The number of allylic oxidation sites excluding steroid dienone is 1. The molecule has 0 unspecified atom stereocenters. The van der Waals surface area contributed by atoms with E-state index in [1.54, 1.807) is 4.68 Å². The summed E-state index contributed by atoms with van der Waals surface area (Å²) in [7, 11) is 1.88. The van der Waals surface area contributed by atoms with Crippen LogP contribution in [0.1, 0.15) is 18.3 Å². The third-order valence-corrected chi connectivity index (χ3v) is 1.37. The predicted molar refractivity (Wildman–Crippen MR) is 40.4 cm³/mol. The van der Waals surface area contributed by atoms with Crippen molar-refractivity contribution in [1.29, 1.82) is 0 Å². The molecule has 0 N–H and O–H groups in total. The highest BCUT2D eigenvalue weighted by Crippen LogP contribution is 2.03. The molecule has 0 bridgehead atoms. The number of rotatable bonds is 1. The Hall–Kier alpha value is -1.12. The lowest BCUT2D eigenvalue weighted by atomic mass is 10.3. The van der Waals surface area contributed by atoms with Crippen LogP contribution in [-0.4, -0.2) is 15.0 Å². The van der Waals surface area contributed by atoms with Crippen molar-refractivity contribution in [3.05, 3.63) is 17.5 Å². The molecule has 0 aromatic carbocycles. The van der Waals surface area contributed by atoms with Crippen LogP contribution in [0.5, 0.6) is 0 Å². The summed E-state index contributed by atoms with van der Waals surface area (Å²) in [5.41, 5.74) is 2.04. The van der Waals surface area contributed by atoms with Crippen LogP contribution in [0, 0.1) is 6.92 Å². The van der Waals surface area contributed by atoms with Gasteiger partial charge in [-0.3, -0.25) is 0 Å². The van der Waals surface area contributed by atoms with Crippen molar-refractivity contribution in [3.63, 3.8) is 0 Å². The molecule has 0 aliphatic carbocycles. The Bertz CT molecular complexity index is 228. The third kappa shape index (κ3) is 1.07. The average molecular weight is 137 g/mol. The molecule has 0 amide bonds. The van der Waals surface area contributed by atoms with Gasteiger partial charge in [0.25, 0.3) is 0 Å². The molecule has 1 rings (SSSR count). The molecule has 0 fully saturated rings. The maximum atomic E-state index is 3.90. The first-order valence-corrected chi connectivity index (χ1v) is 3.24. The fraction of sp³-hybridized carbons (Fsp3) is 0.429. The minimum Gasteiger partial charge on any atom is -0.248 e. The van der Waals surface area contributed by atoms with Gasteiger partial charge in [-0.2, -0.15) is 0 Å². The Labute approximate surface area is 60.4 Å². The van der Waals surface area contributed by atoms with Crippen LogP contribution in [0.25, 0.3) is 6.08 Å². The molecule has 0 saturated heterocycles. The van der Waals surface area contributed by atoms with Gasteiger partial charge < -0.3 is 0 Å². The highest BCUT2D eigenvalue weighted by atomic mass is 15.4. The second kappa shape index (κ2) is 2.64. The summed E-state index contributed by atoms with van der Waals surface area (Å²) >= 11 is 0. The Morgan fingerprint density at radius 3 is 2.60 bits per heavy atom. The van der Waals surface area contributed by atoms with Gasteiger partial charge >= 0.3 is 0 Å². The molecule has 0 radical (unpaired) electrons. The van der Waals surface area contributed by atoms with Crippen LogP contribution in [-0.2, 0) is 7.05 Å². The summed E-state index contributed by atoms with van der Waals surface area (Å²) in [5.74, 6) is 0. The average Bonchev–Trinajstić information content (AvgIpc) is 2.20. The summed E-state index contributed by atoms with van der Waals surface area (Å²) in [6, 6.07) is 0. The zero-order valence-electron chi connectivity index (χ0n) is 6.50. The summed E-state index contributed by atoms with van der Waals surface area (Å²) in [4.78, 5) is 0. The van der Waals surface area contributed by atoms with Crippen molar-refractivity contribution in [2.75, 3.05) is 0 Å². The predicted octanol–water partition coefficient (Wildman–Crippen LogP) is 1.16. The Morgan fingerprint density at radius 2 is 2.20 bits per heavy atom. The lowest BCUT2D eigenvalue weighted by molar-refractivity contribution is 0.709. The van der Waals surface area contributed by atoms with Gasteiger partial charge in [0.05, 0.1) is 11.4 Å². The molecule has 1 aromatic heterocycles. The Balaban J connectivity index is 3.10. The topological polar surface area (TPSA) is 30.7 Å². The molecule has 0 saturated carbocycles. The molecule has 3 heteroatoms. The van der Waals surface area contributed by atoms with Gasteiger partial charge in [-0.05, 0) is 19.9 Å². The minimum atomic E-state index is 0.973. The van der Waals surface area contributed by atoms with E-state index in [1.165, 1.54) is 0 Å². The largest absolute Gasteiger partial charge is 0.248 e. The zero-order valence-corrected chi connectivity index (χ0v) is 6.50. The second-order valence-corrected chi connectivity index (χ2v) is 2.18. The van der Waals surface area contributed by atoms with Gasteiger partial charge in [0.15, 0.2) is 0 Å².